The van der Waals surface area contributed by atoms with Gasteiger partial charge < -0.3 is 14.1 Å². The molecule has 0 N–H and O–H groups in total. The van der Waals surface area contributed by atoms with Crippen LogP contribution in [0.4, 0.5) is 4.79 Å². The van der Waals surface area contributed by atoms with Crippen molar-refractivity contribution in [1.29, 1.82) is 0 Å². The summed E-state index contributed by atoms with van der Waals surface area (Å²) in [5.41, 5.74) is -0.539. The van der Waals surface area contributed by atoms with E-state index in [1.807, 2.05) is 39.0 Å². The number of carbonyl (C=O) groups excluding carboxylic acids is 1. The molecule has 0 bridgehead atoms. The number of carbonyl (C=O) groups is 1. The standard InChI is InChI=1S/C27H39NO3Si/c1-8-9-20-28(25(29)31-26(2,3)4)21-22-30-32(27(5,6)7,23-16-12-10-13-17-23)24-18-14-11-15-19-24/h8,10-19H,1,9,20-22H2,2-7H3. The average Bonchev–Trinajstić information content (AvgIpc) is 2.72. The number of amides is 1. The van der Waals surface area contributed by atoms with Gasteiger partial charge in [-0.3, -0.25) is 0 Å². The van der Waals surface area contributed by atoms with E-state index >= 15 is 0 Å². The molecule has 2 aromatic carbocycles. The molecule has 4 nitrogen and oxygen atoms in total. The summed E-state index contributed by atoms with van der Waals surface area (Å²) in [6, 6.07) is 21.1. The lowest BCUT2D eigenvalue weighted by atomic mass is 10.2. The first-order valence-electron chi connectivity index (χ1n) is 11.3. The van der Waals surface area contributed by atoms with Gasteiger partial charge in [0.1, 0.15) is 5.60 Å². The molecule has 0 aromatic heterocycles. The molecule has 2 rings (SSSR count). The van der Waals surface area contributed by atoms with E-state index in [4.69, 9.17) is 9.16 Å². The molecule has 0 fully saturated rings. The normalized spacial score (nSPS) is 12.3. The molecule has 0 saturated carbocycles. The molecule has 0 aliphatic carbocycles. The van der Waals surface area contributed by atoms with Crippen LogP contribution in [0.1, 0.15) is 48.0 Å². The monoisotopic (exact) mass is 453 g/mol. The number of ether oxygens (including phenoxy) is 1. The molecular formula is C27H39NO3Si. The minimum absolute atomic E-state index is 0.104. The summed E-state index contributed by atoms with van der Waals surface area (Å²) in [5, 5.41) is 2.36. The molecular weight excluding hydrogens is 414 g/mol. The second-order valence-electron chi connectivity index (χ2n) is 10.1. The summed E-state index contributed by atoms with van der Waals surface area (Å²) in [7, 11) is -2.63. The predicted molar refractivity (Wildman–Crippen MR) is 136 cm³/mol. The van der Waals surface area contributed by atoms with Crippen LogP contribution in [0.2, 0.25) is 5.04 Å². The van der Waals surface area contributed by atoms with E-state index in [-0.39, 0.29) is 11.1 Å². The van der Waals surface area contributed by atoms with E-state index < -0.39 is 13.9 Å². The first-order valence-corrected chi connectivity index (χ1v) is 13.3. The molecule has 0 heterocycles. The fourth-order valence-corrected chi connectivity index (χ4v) is 8.49. The van der Waals surface area contributed by atoms with Crippen molar-refractivity contribution in [1.82, 2.24) is 4.90 Å². The van der Waals surface area contributed by atoms with E-state index in [2.05, 4.69) is 75.9 Å². The highest BCUT2D eigenvalue weighted by Gasteiger charge is 2.50. The summed E-state index contributed by atoms with van der Waals surface area (Å²) in [5.74, 6) is 0. The number of benzene rings is 2. The average molecular weight is 454 g/mol. The lowest BCUT2D eigenvalue weighted by Crippen LogP contribution is -2.67. The Bertz CT molecular complexity index is 814. The molecule has 0 spiro atoms. The first-order chi connectivity index (χ1) is 15.0. The Hall–Kier alpha value is -2.37. The van der Waals surface area contributed by atoms with Gasteiger partial charge in [-0.2, -0.15) is 0 Å². The highest BCUT2D eigenvalue weighted by atomic mass is 28.4. The van der Waals surface area contributed by atoms with Gasteiger partial charge >= 0.3 is 6.09 Å². The molecule has 0 aliphatic rings. The van der Waals surface area contributed by atoms with E-state index in [9.17, 15) is 4.79 Å². The topological polar surface area (TPSA) is 38.8 Å². The van der Waals surface area contributed by atoms with E-state index in [1.165, 1.54) is 10.4 Å². The fourth-order valence-electron chi connectivity index (χ4n) is 3.94. The van der Waals surface area contributed by atoms with Crippen molar-refractivity contribution in [2.45, 2.75) is 58.6 Å². The fraction of sp³-hybridized carbons (Fsp3) is 0.444. The summed E-state index contributed by atoms with van der Waals surface area (Å²) in [6.07, 6.45) is 2.21. The lowest BCUT2D eigenvalue weighted by molar-refractivity contribution is 0.0227. The molecule has 5 heteroatoms. The largest absolute Gasteiger partial charge is 0.444 e. The zero-order valence-corrected chi connectivity index (χ0v) is 21.6. The highest BCUT2D eigenvalue weighted by molar-refractivity contribution is 6.99. The minimum Gasteiger partial charge on any atom is -0.444 e. The number of hydrogen-bond acceptors (Lipinski definition) is 3. The van der Waals surface area contributed by atoms with Crippen molar-refractivity contribution in [3.63, 3.8) is 0 Å². The van der Waals surface area contributed by atoms with Crippen molar-refractivity contribution < 1.29 is 14.0 Å². The van der Waals surface area contributed by atoms with Gasteiger partial charge in [0.05, 0.1) is 6.61 Å². The van der Waals surface area contributed by atoms with Crippen LogP contribution in [0.5, 0.6) is 0 Å². The summed E-state index contributed by atoms with van der Waals surface area (Å²) >= 11 is 0. The minimum atomic E-state index is -2.63. The van der Waals surface area contributed by atoms with E-state index in [0.29, 0.717) is 26.1 Å². The summed E-state index contributed by atoms with van der Waals surface area (Å²) in [4.78, 5) is 14.5. The van der Waals surface area contributed by atoms with Gasteiger partial charge in [-0.05, 0) is 42.6 Å². The third-order valence-electron chi connectivity index (χ3n) is 5.35. The molecule has 0 aliphatic heterocycles. The van der Waals surface area contributed by atoms with E-state index in [0.717, 1.165) is 0 Å². The van der Waals surface area contributed by atoms with Gasteiger partial charge in [-0.15, -0.1) is 6.58 Å². The van der Waals surface area contributed by atoms with Crippen molar-refractivity contribution >= 4 is 24.8 Å². The van der Waals surface area contributed by atoms with Crippen LogP contribution in [0, 0.1) is 0 Å². The first kappa shape index (κ1) is 25.9. The third kappa shape index (κ3) is 6.56. The van der Waals surface area contributed by atoms with Gasteiger partial charge in [0.2, 0.25) is 0 Å². The Kier molecular flexibility index (Phi) is 8.87. The number of rotatable bonds is 9. The zero-order chi connectivity index (χ0) is 23.8. The predicted octanol–water partition coefficient (Wildman–Crippen LogP) is 5.38. The molecule has 0 unspecified atom stereocenters. The van der Waals surface area contributed by atoms with Gasteiger partial charge in [0.25, 0.3) is 8.32 Å². The SMILES string of the molecule is C=CCCN(CCO[Si](c1ccccc1)(c1ccccc1)C(C)(C)C)C(=O)OC(C)(C)C. The molecule has 32 heavy (non-hydrogen) atoms. The maximum atomic E-state index is 12.8. The third-order valence-corrected chi connectivity index (χ3v) is 10.4. The number of nitrogens with zero attached hydrogens (tertiary/aromatic N) is 1. The smallest absolute Gasteiger partial charge is 0.410 e. The van der Waals surface area contributed by atoms with Gasteiger partial charge in [-0.25, -0.2) is 4.79 Å². The Morgan fingerprint density at radius 2 is 1.41 bits per heavy atom. The molecule has 0 radical (unpaired) electrons. The van der Waals surface area contributed by atoms with Crippen molar-refractivity contribution in [3.05, 3.63) is 73.3 Å². The van der Waals surface area contributed by atoms with E-state index in [1.54, 1.807) is 4.90 Å². The van der Waals surface area contributed by atoms with Crippen LogP contribution < -0.4 is 10.4 Å². The van der Waals surface area contributed by atoms with Crippen molar-refractivity contribution in [2.75, 3.05) is 19.7 Å². The van der Waals surface area contributed by atoms with Crippen LogP contribution in [0.25, 0.3) is 0 Å². The second kappa shape index (κ2) is 11.0. The Balaban J connectivity index is 2.35. The summed E-state index contributed by atoms with van der Waals surface area (Å²) < 4.78 is 12.5. The quantitative estimate of drug-likeness (QED) is 0.378. The van der Waals surface area contributed by atoms with Gasteiger partial charge in [-0.1, -0.05) is 87.5 Å². The van der Waals surface area contributed by atoms with Crippen molar-refractivity contribution in [3.8, 4) is 0 Å². The second-order valence-corrected chi connectivity index (χ2v) is 14.4. The van der Waals surface area contributed by atoms with Crippen LogP contribution in [-0.2, 0) is 9.16 Å². The summed E-state index contributed by atoms with van der Waals surface area (Å²) in [6.45, 7) is 17.7. The molecule has 2 aromatic rings. The zero-order valence-electron chi connectivity index (χ0n) is 20.6. The van der Waals surface area contributed by atoms with Gasteiger partial charge in [0.15, 0.2) is 0 Å². The molecule has 0 atom stereocenters. The molecule has 0 saturated heterocycles. The van der Waals surface area contributed by atoms with Crippen LogP contribution in [-0.4, -0.2) is 44.6 Å². The van der Waals surface area contributed by atoms with Crippen LogP contribution >= 0.6 is 0 Å². The number of hydrogen-bond donors (Lipinski definition) is 0. The Morgan fingerprint density at radius 1 is 0.906 bits per heavy atom. The highest BCUT2D eigenvalue weighted by Crippen LogP contribution is 2.36. The molecule has 1 amide bonds. The van der Waals surface area contributed by atoms with Gasteiger partial charge in [0, 0.05) is 13.1 Å². The van der Waals surface area contributed by atoms with Crippen LogP contribution in [0.15, 0.2) is 73.3 Å². The lowest BCUT2D eigenvalue weighted by Gasteiger charge is -2.43. The molecule has 174 valence electrons. The Labute approximate surface area is 195 Å². The van der Waals surface area contributed by atoms with Crippen molar-refractivity contribution in [2.24, 2.45) is 0 Å². The van der Waals surface area contributed by atoms with Crippen LogP contribution in [0.3, 0.4) is 0 Å². The Morgan fingerprint density at radius 3 is 1.81 bits per heavy atom. The maximum Gasteiger partial charge on any atom is 0.410 e. The maximum absolute atomic E-state index is 12.8.